The summed E-state index contributed by atoms with van der Waals surface area (Å²) in [5, 5.41) is 5.54. The van der Waals surface area contributed by atoms with Crippen LogP contribution in [0.1, 0.15) is 21.5 Å². The number of carbonyl (C=O) groups is 2. The number of benzene rings is 3. The van der Waals surface area contributed by atoms with Crippen molar-refractivity contribution in [2.24, 2.45) is 0 Å². The fourth-order valence-electron chi connectivity index (χ4n) is 3.28. The van der Waals surface area contributed by atoms with E-state index in [4.69, 9.17) is 0 Å². The fourth-order valence-corrected chi connectivity index (χ4v) is 4.01. The van der Waals surface area contributed by atoms with E-state index in [2.05, 4.69) is 10.6 Å². The number of hydrogen-bond acceptors (Lipinski definition) is 4. The minimum atomic E-state index is -3.62. The van der Waals surface area contributed by atoms with E-state index in [0.717, 1.165) is 21.7 Å². The lowest BCUT2D eigenvalue weighted by Crippen LogP contribution is -2.37. The molecule has 33 heavy (non-hydrogen) atoms. The van der Waals surface area contributed by atoms with Crippen LogP contribution in [0.5, 0.6) is 0 Å². The van der Waals surface area contributed by atoms with E-state index in [1.165, 1.54) is 0 Å². The first-order valence-corrected chi connectivity index (χ1v) is 12.4. The average molecular weight is 466 g/mol. The number of rotatable bonds is 10. The molecule has 0 heterocycles. The van der Waals surface area contributed by atoms with Gasteiger partial charge in [-0.3, -0.25) is 9.59 Å². The molecule has 7 nitrogen and oxygen atoms in total. The van der Waals surface area contributed by atoms with Gasteiger partial charge in [0.15, 0.2) is 0 Å². The first-order valence-electron chi connectivity index (χ1n) is 10.5. The third kappa shape index (κ3) is 7.55. The molecule has 0 aliphatic carbocycles. The molecule has 0 bridgehead atoms. The van der Waals surface area contributed by atoms with Gasteiger partial charge in [0.2, 0.25) is 15.9 Å². The number of anilines is 1. The van der Waals surface area contributed by atoms with Gasteiger partial charge in [0.25, 0.3) is 5.91 Å². The highest BCUT2D eigenvalue weighted by molar-refractivity contribution is 7.88. The number of sulfonamides is 1. The molecule has 2 N–H and O–H groups in total. The number of amides is 2. The molecular weight excluding hydrogens is 438 g/mol. The first kappa shape index (κ1) is 24.2. The summed E-state index contributed by atoms with van der Waals surface area (Å²) in [5.74, 6) is -0.841. The van der Waals surface area contributed by atoms with E-state index in [-0.39, 0.29) is 19.0 Å². The van der Waals surface area contributed by atoms with Crippen molar-refractivity contribution < 1.29 is 18.0 Å². The minimum absolute atomic E-state index is 0.0781. The summed E-state index contributed by atoms with van der Waals surface area (Å²) in [4.78, 5) is 25.4. The molecule has 3 rings (SSSR count). The van der Waals surface area contributed by atoms with Crippen LogP contribution in [-0.4, -0.2) is 43.9 Å². The maximum atomic E-state index is 12.7. The van der Waals surface area contributed by atoms with Crippen molar-refractivity contribution in [3.8, 4) is 0 Å². The number of nitrogens with one attached hydrogen (secondary N) is 2. The fraction of sp³-hybridized carbons (Fsp3) is 0.200. The Labute approximate surface area is 194 Å². The van der Waals surface area contributed by atoms with Crippen molar-refractivity contribution in [2.45, 2.75) is 13.0 Å². The van der Waals surface area contributed by atoms with Gasteiger partial charge in [-0.25, -0.2) is 8.42 Å². The monoisotopic (exact) mass is 465 g/mol. The van der Waals surface area contributed by atoms with Crippen molar-refractivity contribution in [1.82, 2.24) is 9.62 Å². The van der Waals surface area contributed by atoms with E-state index in [1.807, 2.05) is 48.5 Å². The summed E-state index contributed by atoms with van der Waals surface area (Å²) in [5.41, 5.74) is 2.52. The minimum Gasteiger partial charge on any atom is -0.352 e. The second kappa shape index (κ2) is 11.4. The zero-order valence-electron chi connectivity index (χ0n) is 18.4. The van der Waals surface area contributed by atoms with Crippen LogP contribution in [0.25, 0.3) is 0 Å². The number of nitrogens with zero attached hydrogens (tertiary/aromatic N) is 1. The van der Waals surface area contributed by atoms with Crippen LogP contribution < -0.4 is 10.6 Å². The molecule has 0 aliphatic heterocycles. The van der Waals surface area contributed by atoms with Crippen molar-refractivity contribution in [3.63, 3.8) is 0 Å². The molecule has 172 valence electrons. The summed E-state index contributed by atoms with van der Waals surface area (Å²) in [6.07, 6.45) is 1.75. The van der Waals surface area contributed by atoms with Gasteiger partial charge in [-0.2, -0.15) is 4.31 Å². The summed E-state index contributed by atoms with van der Waals surface area (Å²) in [6.45, 7) is 0.163. The van der Waals surface area contributed by atoms with Crippen molar-refractivity contribution in [2.75, 3.05) is 24.7 Å². The second-order valence-electron chi connectivity index (χ2n) is 7.60. The number of hydrogen-bond donors (Lipinski definition) is 2. The lowest BCUT2D eigenvalue weighted by atomic mass is 10.1. The summed E-state index contributed by atoms with van der Waals surface area (Å²) in [7, 11) is -3.62. The lowest BCUT2D eigenvalue weighted by molar-refractivity contribution is -0.116. The summed E-state index contributed by atoms with van der Waals surface area (Å²) >= 11 is 0. The Morgan fingerprint density at radius 1 is 0.818 bits per heavy atom. The maximum absolute atomic E-state index is 12.7. The molecule has 3 aromatic rings. The third-order valence-corrected chi connectivity index (χ3v) is 6.17. The average Bonchev–Trinajstić information content (AvgIpc) is 2.80. The topological polar surface area (TPSA) is 95.6 Å². The largest absolute Gasteiger partial charge is 0.352 e. The van der Waals surface area contributed by atoms with Gasteiger partial charge in [0, 0.05) is 13.1 Å². The van der Waals surface area contributed by atoms with Gasteiger partial charge in [0.1, 0.15) is 0 Å². The Bertz CT molecular complexity index is 1180. The molecular formula is C25H27N3O4S. The highest BCUT2D eigenvalue weighted by Crippen LogP contribution is 2.16. The predicted octanol–water partition coefficient (Wildman–Crippen LogP) is 3.06. The van der Waals surface area contributed by atoms with Crippen LogP contribution in [0.3, 0.4) is 0 Å². The summed E-state index contributed by atoms with van der Waals surface area (Å²) in [6, 6.07) is 25.5. The Balaban J connectivity index is 1.63. The highest BCUT2D eigenvalue weighted by atomic mass is 32.2. The molecule has 0 atom stereocenters. The Morgan fingerprint density at radius 3 is 2.03 bits per heavy atom. The van der Waals surface area contributed by atoms with E-state index < -0.39 is 15.9 Å². The molecule has 2 amide bonds. The summed E-state index contributed by atoms with van der Waals surface area (Å²) < 4.78 is 25.5. The van der Waals surface area contributed by atoms with Crippen LogP contribution in [0, 0.1) is 0 Å². The number of carbonyl (C=O) groups excluding carboxylic acids is 2. The number of para-hydroxylation sites is 1. The first-order chi connectivity index (χ1) is 15.8. The van der Waals surface area contributed by atoms with Crippen molar-refractivity contribution in [1.29, 1.82) is 0 Å². The van der Waals surface area contributed by atoms with Crippen LogP contribution in [0.15, 0.2) is 84.9 Å². The smallest absolute Gasteiger partial charge is 0.253 e. The van der Waals surface area contributed by atoms with Crippen molar-refractivity contribution in [3.05, 3.63) is 102 Å². The Kier molecular flexibility index (Phi) is 8.34. The molecule has 0 fully saturated rings. The maximum Gasteiger partial charge on any atom is 0.253 e. The predicted molar refractivity (Wildman–Crippen MR) is 129 cm³/mol. The zero-order valence-corrected chi connectivity index (χ0v) is 19.2. The SMILES string of the molecule is CS(=O)(=O)N(CC(=O)Nc1ccccc1C(=O)NCCc1ccccc1)Cc1ccccc1. The Hall–Kier alpha value is -3.49. The van der Waals surface area contributed by atoms with Gasteiger partial charge < -0.3 is 10.6 Å². The Morgan fingerprint density at radius 2 is 1.39 bits per heavy atom. The van der Waals surface area contributed by atoms with Gasteiger partial charge in [-0.1, -0.05) is 72.8 Å². The molecule has 0 unspecified atom stereocenters. The highest BCUT2D eigenvalue weighted by Gasteiger charge is 2.21. The van der Waals surface area contributed by atoms with E-state index in [0.29, 0.717) is 24.2 Å². The molecule has 0 radical (unpaired) electrons. The second-order valence-corrected chi connectivity index (χ2v) is 9.58. The van der Waals surface area contributed by atoms with Gasteiger partial charge in [-0.15, -0.1) is 0 Å². The van der Waals surface area contributed by atoms with Gasteiger partial charge in [0.05, 0.1) is 24.1 Å². The van der Waals surface area contributed by atoms with Gasteiger partial charge in [-0.05, 0) is 29.7 Å². The van der Waals surface area contributed by atoms with Crippen LogP contribution >= 0.6 is 0 Å². The molecule has 3 aromatic carbocycles. The molecule has 0 aliphatic rings. The van der Waals surface area contributed by atoms with Crippen molar-refractivity contribution >= 4 is 27.5 Å². The lowest BCUT2D eigenvalue weighted by Gasteiger charge is -2.20. The van der Waals surface area contributed by atoms with Gasteiger partial charge >= 0.3 is 0 Å². The third-order valence-electron chi connectivity index (χ3n) is 4.98. The van der Waals surface area contributed by atoms with E-state index in [9.17, 15) is 18.0 Å². The molecule has 0 saturated heterocycles. The van der Waals surface area contributed by atoms with E-state index in [1.54, 1.807) is 36.4 Å². The normalized spacial score (nSPS) is 11.2. The molecule has 0 aromatic heterocycles. The standard InChI is InChI=1S/C25H27N3O4S/c1-33(31,32)28(18-21-12-6-3-7-13-21)19-24(29)27-23-15-9-8-14-22(23)25(30)26-17-16-20-10-4-2-5-11-20/h2-15H,16-19H2,1H3,(H,26,30)(H,27,29). The molecule has 8 heteroatoms. The quantitative estimate of drug-likeness (QED) is 0.481. The zero-order chi connectivity index (χ0) is 23.7. The molecule has 0 spiro atoms. The van der Waals surface area contributed by atoms with Crippen LogP contribution in [0.2, 0.25) is 0 Å². The van der Waals surface area contributed by atoms with Crippen LogP contribution in [-0.2, 0) is 27.8 Å². The molecule has 0 saturated carbocycles. The van der Waals surface area contributed by atoms with E-state index >= 15 is 0 Å². The van der Waals surface area contributed by atoms with Crippen LogP contribution in [0.4, 0.5) is 5.69 Å².